The Morgan fingerprint density at radius 1 is 1.50 bits per heavy atom. The van der Waals surface area contributed by atoms with Crippen molar-refractivity contribution in [3.63, 3.8) is 0 Å². The van der Waals surface area contributed by atoms with E-state index in [4.69, 9.17) is 0 Å². The summed E-state index contributed by atoms with van der Waals surface area (Å²) in [7, 11) is 0. The molecule has 0 aliphatic heterocycles. The molecular formula is C14H18N2. The lowest BCUT2D eigenvalue weighted by atomic mass is 10.2. The summed E-state index contributed by atoms with van der Waals surface area (Å²) in [6.07, 6.45) is 12.6. The smallest absolute Gasteiger partial charge is 0.0995 e. The number of aromatic nitrogens is 2. The summed E-state index contributed by atoms with van der Waals surface area (Å²) < 4.78 is 2.07. The molecule has 0 atom stereocenters. The molecule has 1 aliphatic carbocycles. The maximum Gasteiger partial charge on any atom is 0.0995 e. The third-order valence-electron chi connectivity index (χ3n) is 2.62. The molecule has 1 aromatic heterocycles. The van der Waals surface area contributed by atoms with Gasteiger partial charge >= 0.3 is 0 Å². The summed E-state index contributed by atoms with van der Waals surface area (Å²) in [4.78, 5) is 4.45. The first-order valence-corrected chi connectivity index (χ1v) is 5.72. The van der Waals surface area contributed by atoms with Gasteiger partial charge < -0.3 is 4.57 Å². The maximum absolute atomic E-state index is 4.45. The van der Waals surface area contributed by atoms with Crippen LogP contribution in [0.3, 0.4) is 0 Å². The lowest BCUT2D eigenvalue weighted by molar-refractivity contribution is 1.05. The van der Waals surface area contributed by atoms with Crippen molar-refractivity contribution in [3.05, 3.63) is 48.6 Å². The van der Waals surface area contributed by atoms with E-state index in [2.05, 4.69) is 42.3 Å². The van der Waals surface area contributed by atoms with Gasteiger partial charge in [-0.3, -0.25) is 0 Å². The number of imidazole rings is 1. The van der Waals surface area contributed by atoms with E-state index in [1.165, 1.54) is 24.1 Å². The number of nitrogens with zero attached hydrogens (tertiary/aromatic N) is 2. The number of hydrogen-bond donors (Lipinski definition) is 0. The first-order chi connectivity index (χ1) is 7.70. The van der Waals surface area contributed by atoms with Gasteiger partial charge in [-0.05, 0) is 38.8 Å². The topological polar surface area (TPSA) is 17.8 Å². The van der Waals surface area contributed by atoms with Crippen LogP contribution in [0.2, 0.25) is 0 Å². The Morgan fingerprint density at radius 3 is 2.81 bits per heavy atom. The first kappa shape index (κ1) is 10.9. The van der Waals surface area contributed by atoms with E-state index in [1.807, 2.05) is 18.5 Å². The van der Waals surface area contributed by atoms with Gasteiger partial charge in [-0.25, -0.2) is 4.98 Å². The fraction of sp³-hybridized carbons (Fsp3) is 0.357. The van der Waals surface area contributed by atoms with Gasteiger partial charge in [-0.1, -0.05) is 18.2 Å². The standard InChI is InChI=1S/C14H18N2/c1-4-5-13(8-11(2)3)16-9-14(15-10-16)12-6-7-12/h4-5,8-10,12H,1,6-7H2,2-3H3/b13-5+. The molecule has 84 valence electrons. The minimum atomic E-state index is 0.706. The molecule has 1 aromatic rings. The minimum Gasteiger partial charge on any atom is -0.306 e. The molecule has 0 amide bonds. The van der Waals surface area contributed by atoms with Gasteiger partial charge in [0.25, 0.3) is 0 Å². The van der Waals surface area contributed by atoms with Crippen LogP contribution in [0.1, 0.15) is 38.3 Å². The Labute approximate surface area is 97.0 Å². The highest BCUT2D eigenvalue weighted by atomic mass is 15.0. The number of hydrogen-bond acceptors (Lipinski definition) is 1. The van der Waals surface area contributed by atoms with E-state index in [0.29, 0.717) is 5.92 Å². The lowest BCUT2D eigenvalue weighted by Crippen LogP contribution is -1.90. The van der Waals surface area contributed by atoms with E-state index < -0.39 is 0 Å². The first-order valence-electron chi connectivity index (χ1n) is 5.72. The average molecular weight is 214 g/mol. The van der Waals surface area contributed by atoms with Crippen molar-refractivity contribution >= 4 is 5.70 Å². The summed E-state index contributed by atoms with van der Waals surface area (Å²) in [6, 6.07) is 0. The van der Waals surface area contributed by atoms with Crippen molar-refractivity contribution in [3.8, 4) is 0 Å². The zero-order valence-electron chi connectivity index (χ0n) is 9.98. The van der Waals surface area contributed by atoms with Crippen LogP contribution < -0.4 is 0 Å². The molecule has 0 saturated heterocycles. The second-order valence-electron chi connectivity index (χ2n) is 4.53. The average Bonchev–Trinajstić information content (AvgIpc) is 2.96. The van der Waals surface area contributed by atoms with E-state index in [9.17, 15) is 0 Å². The number of allylic oxidation sites excluding steroid dienone is 5. The van der Waals surface area contributed by atoms with Gasteiger partial charge in [-0.15, -0.1) is 0 Å². The van der Waals surface area contributed by atoms with Crippen molar-refractivity contribution in [2.24, 2.45) is 0 Å². The largest absolute Gasteiger partial charge is 0.306 e. The molecule has 0 bridgehead atoms. The highest BCUT2D eigenvalue weighted by Gasteiger charge is 2.25. The third-order valence-corrected chi connectivity index (χ3v) is 2.62. The summed E-state index contributed by atoms with van der Waals surface area (Å²) in [5.74, 6) is 0.706. The highest BCUT2D eigenvalue weighted by molar-refractivity contribution is 5.59. The molecule has 2 nitrogen and oxygen atoms in total. The second kappa shape index (κ2) is 4.52. The molecular weight excluding hydrogens is 196 g/mol. The van der Waals surface area contributed by atoms with E-state index in [0.717, 1.165) is 5.70 Å². The van der Waals surface area contributed by atoms with Gasteiger partial charge in [-0.2, -0.15) is 0 Å². The lowest BCUT2D eigenvalue weighted by Gasteiger charge is -2.02. The molecule has 1 saturated carbocycles. The summed E-state index contributed by atoms with van der Waals surface area (Å²) in [5, 5.41) is 0. The SMILES string of the molecule is C=C/C=C(\C=C(C)C)n1cnc(C2CC2)c1. The van der Waals surface area contributed by atoms with Crippen LogP contribution in [0.4, 0.5) is 0 Å². The Hall–Kier alpha value is -1.57. The predicted molar refractivity (Wildman–Crippen MR) is 68.1 cm³/mol. The molecule has 1 fully saturated rings. The van der Waals surface area contributed by atoms with E-state index in [1.54, 1.807) is 0 Å². The van der Waals surface area contributed by atoms with Crippen LogP contribution >= 0.6 is 0 Å². The molecule has 2 heteroatoms. The van der Waals surface area contributed by atoms with Crippen molar-refractivity contribution < 1.29 is 0 Å². The molecule has 0 spiro atoms. The molecule has 0 N–H and O–H groups in total. The molecule has 0 unspecified atom stereocenters. The minimum absolute atomic E-state index is 0.706. The number of rotatable bonds is 4. The van der Waals surface area contributed by atoms with Gasteiger partial charge in [0, 0.05) is 17.8 Å². The Balaban J connectivity index is 2.27. The molecule has 2 rings (SSSR count). The van der Waals surface area contributed by atoms with E-state index >= 15 is 0 Å². The monoisotopic (exact) mass is 214 g/mol. The Bertz CT molecular complexity index is 441. The molecule has 16 heavy (non-hydrogen) atoms. The molecule has 0 radical (unpaired) electrons. The van der Waals surface area contributed by atoms with Gasteiger partial charge in [0.05, 0.1) is 12.0 Å². The van der Waals surface area contributed by atoms with Gasteiger partial charge in [0.1, 0.15) is 0 Å². The van der Waals surface area contributed by atoms with Crippen LogP contribution in [-0.2, 0) is 0 Å². The quantitative estimate of drug-likeness (QED) is 0.698. The van der Waals surface area contributed by atoms with Crippen molar-refractivity contribution in [1.82, 2.24) is 9.55 Å². The second-order valence-corrected chi connectivity index (χ2v) is 4.53. The molecule has 0 aromatic carbocycles. The fourth-order valence-electron chi connectivity index (χ4n) is 1.69. The van der Waals surface area contributed by atoms with Crippen LogP contribution in [0.5, 0.6) is 0 Å². The zero-order valence-corrected chi connectivity index (χ0v) is 9.98. The normalized spacial score (nSPS) is 16.0. The molecule has 1 aliphatic rings. The van der Waals surface area contributed by atoms with Crippen LogP contribution in [-0.4, -0.2) is 9.55 Å². The highest BCUT2D eigenvalue weighted by Crippen LogP contribution is 2.39. The van der Waals surface area contributed by atoms with Crippen LogP contribution in [0.15, 0.2) is 42.9 Å². The maximum atomic E-state index is 4.45. The zero-order chi connectivity index (χ0) is 11.5. The van der Waals surface area contributed by atoms with Crippen molar-refractivity contribution in [1.29, 1.82) is 0 Å². The fourth-order valence-corrected chi connectivity index (χ4v) is 1.69. The predicted octanol–water partition coefficient (Wildman–Crippen LogP) is 3.75. The van der Waals surface area contributed by atoms with Crippen LogP contribution in [0.25, 0.3) is 5.70 Å². The molecule has 1 heterocycles. The third kappa shape index (κ3) is 2.51. The summed E-state index contributed by atoms with van der Waals surface area (Å²) >= 11 is 0. The summed E-state index contributed by atoms with van der Waals surface area (Å²) in [5.41, 5.74) is 3.61. The Morgan fingerprint density at radius 2 is 2.25 bits per heavy atom. The van der Waals surface area contributed by atoms with Gasteiger partial charge in [0.2, 0.25) is 0 Å². The summed E-state index contributed by atoms with van der Waals surface area (Å²) in [6.45, 7) is 7.93. The van der Waals surface area contributed by atoms with E-state index in [-0.39, 0.29) is 0 Å². The van der Waals surface area contributed by atoms with Crippen molar-refractivity contribution in [2.75, 3.05) is 0 Å². The Kier molecular flexibility index (Phi) is 3.09. The van der Waals surface area contributed by atoms with Gasteiger partial charge in [0.15, 0.2) is 0 Å². The van der Waals surface area contributed by atoms with Crippen LogP contribution in [0, 0.1) is 0 Å². The van der Waals surface area contributed by atoms with Crippen molar-refractivity contribution in [2.45, 2.75) is 32.6 Å².